The van der Waals surface area contributed by atoms with Crippen molar-refractivity contribution >= 4 is 5.97 Å². The summed E-state index contributed by atoms with van der Waals surface area (Å²) >= 11 is 0. The summed E-state index contributed by atoms with van der Waals surface area (Å²) in [6.45, 7) is 2.33. The average Bonchev–Trinajstić information content (AvgIpc) is 2.89. The zero-order valence-corrected chi connectivity index (χ0v) is 14.6. The molecule has 4 unspecified atom stereocenters. The highest BCUT2D eigenvalue weighted by Crippen LogP contribution is 2.56. The number of carbonyl (C=O) groups excluding carboxylic acids is 1. The Bertz CT molecular complexity index is 690. The minimum atomic E-state index is -4.79. The van der Waals surface area contributed by atoms with E-state index in [1.165, 1.54) is 6.92 Å². The van der Waals surface area contributed by atoms with E-state index in [2.05, 4.69) is 4.74 Å². The Hall–Kier alpha value is -1.90. The van der Waals surface area contributed by atoms with Crippen LogP contribution in [0, 0.1) is 17.6 Å². The van der Waals surface area contributed by atoms with Crippen LogP contribution in [0.25, 0.3) is 0 Å². The zero-order valence-electron chi connectivity index (χ0n) is 14.6. The van der Waals surface area contributed by atoms with Crippen molar-refractivity contribution in [1.29, 1.82) is 0 Å². The maximum Gasteiger partial charge on any atom is 0.417 e. The fraction of sp³-hybridized carbons (Fsp3) is 0.588. The van der Waals surface area contributed by atoms with E-state index in [-0.39, 0.29) is 12.0 Å². The molecule has 1 aliphatic heterocycles. The van der Waals surface area contributed by atoms with Crippen LogP contribution < -0.4 is 4.74 Å². The van der Waals surface area contributed by atoms with Crippen LogP contribution in [0.4, 0.5) is 22.0 Å². The number of esters is 1. The van der Waals surface area contributed by atoms with Crippen LogP contribution in [0.3, 0.4) is 0 Å². The smallest absolute Gasteiger partial charge is 0.417 e. The highest BCUT2D eigenvalue weighted by atomic mass is 19.4. The predicted octanol–water partition coefficient (Wildman–Crippen LogP) is 3.98. The van der Waals surface area contributed by atoms with Gasteiger partial charge in [-0.05, 0) is 19.4 Å². The van der Waals surface area contributed by atoms with Gasteiger partial charge in [-0.25, -0.2) is 9.18 Å². The van der Waals surface area contributed by atoms with Gasteiger partial charge in [0.15, 0.2) is 23.3 Å². The number of carbonyl (C=O) groups is 1. The summed E-state index contributed by atoms with van der Waals surface area (Å²) in [6, 6.07) is 1.88. The minimum absolute atomic E-state index is 0.0314. The lowest BCUT2D eigenvalue weighted by atomic mass is 9.74. The molecular formula is C17H19F5O4. The number of alkyl halides is 3. The number of hydrogen-bond donors (Lipinski definition) is 0. The normalized spacial score (nSPS) is 28.9. The van der Waals surface area contributed by atoms with Crippen LogP contribution in [-0.4, -0.2) is 38.1 Å². The van der Waals surface area contributed by atoms with Crippen molar-refractivity contribution in [2.45, 2.75) is 44.1 Å². The summed E-state index contributed by atoms with van der Waals surface area (Å²) in [5.74, 6) is -6.63. The van der Waals surface area contributed by atoms with Crippen molar-refractivity contribution in [3.63, 3.8) is 0 Å². The van der Waals surface area contributed by atoms with Crippen LogP contribution in [0.1, 0.15) is 31.7 Å². The molecule has 0 saturated carbocycles. The molecule has 1 aromatic carbocycles. The van der Waals surface area contributed by atoms with Gasteiger partial charge in [-0.2, -0.15) is 17.6 Å². The first kappa shape index (κ1) is 20.4. The summed E-state index contributed by atoms with van der Waals surface area (Å²) in [5.41, 5.74) is -2.75. The fourth-order valence-corrected chi connectivity index (χ4v) is 3.61. The van der Waals surface area contributed by atoms with Gasteiger partial charge in [0.2, 0.25) is 5.82 Å². The van der Waals surface area contributed by atoms with E-state index < -0.39 is 53.1 Å². The SMILES string of the molecule is CCC1C(c2ccc(F)c(F)c2OC)C(C(=O)OC)OC1(C)C(F)(F)F. The standard InChI is InChI=1S/C17H19F5O4/c1-5-9-11(8-6-7-10(18)12(19)13(8)24-3)14(15(23)25-4)26-16(9,2)17(20,21)22/h6-7,9,11,14H,5H2,1-4H3. The average molecular weight is 382 g/mol. The van der Waals surface area contributed by atoms with Gasteiger partial charge in [-0.15, -0.1) is 0 Å². The van der Waals surface area contributed by atoms with E-state index in [4.69, 9.17) is 9.47 Å². The quantitative estimate of drug-likeness (QED) is 0.584. The maximum atomic E-state index is 14.1. The summed E-state index contributed by atoms with van der Waals surface area (Å²) < 4.78 is 83.3. The van der Waals surface area contributed by atoms with Crippen molar-refractivity contribution in [1.82, 2.24) is 0 Å². The molecule has 0 aliphatic carbocycles. The number of benzene rings is 1. The van der Waals surface area contributed by atoms with Crippen molar-refractivity contribution in [3.05, 3.63) is 29.3 Å². The predicted molar refractivity (Wildman–Crippen MR) is 80.8 cm³/mol. The lowest BCUT2D eigenvalue weighted by molar-refractivity contribution is -0.275. The molecule has 0 amide bonds. The second-order valence-electron chi connectivity index (χ2n) is 6.19. The molecule has 4 atom stereocenters. The minimum Gasteiger partial charge on any atom is -0.493 e. The molecule has 4 nitrogen and oxygen atoms in total. The third-order valence-electron chi connectivity index (χ3n) is 4.92. The van der Waals surface area contributed by atoms with Gasteiger partial charge in [0.05, 0.1) is 14.2 Å². The molecule has 0 radical (unpaired) electrons. The lowest BCUT2D eigenvalue weighted by Crippen LogP contribution is -2.48. The van der Waals surface area contributed by atoms with Crippen LogP contribution in [0.15, 0.2) is 12.1 Å². The van der Waals surface area contributed by atoms with Gasteiger partial charge in [0, 0.05) is 17.4 Å². The molecule has 0 aromatic heterocycles. The summed E-state index contributed by atoms with van der Waals surface area (Å²) in [5, 5.41) is 0. The molecule has 1 fully saturated rings. The number of methoxy groups -OCH3 is 2. The first-order chi connectivity index (χ1) is 12.0. The fourth-order valence-electron chi connectivity index (χ4n) is 3.61. The van der Waals surface area contributed by atoms with Gasteiger partial charge in [-0.1, -0.05) is 13.0 Å². The molecule has 1 aliphatic rings. The Morgan fingerprint density at radius 1 is 1.27 bits per heavy atom. The molecule has 0 N–H and O–H groups in total. The van der Waals surface area contributed by atoms with Crippen LogP contribution in [0.2, 0.25) is 0 Å². The maximum absolute atomic E-state index is 14.1. The summed E-state index contributed by atoms with van der Waals surface area (Å²) in [7, 11) is 2.07. The van der Waals surface area contributed by atoms with Gasteiger partial charge < -0.3 is 14.2 Å². The van der Waals surface area contributed by atoms with E-state index >= 15 is 0 Å². The number of halogens is 5. The van der Waals surface area contributed by atoms with Crippen LogP contribution >= 0.6 is 0 Å². The Morgan fingerprint density at radius 3 is 2.35 bits per heavy atom. The van der Waals surface area contributed by atoms with E-state index in [9.17, 15) is 26.7 Å². The molecule has 146 valence electrons. The number of ether oxygens (including phenoxy) is 3. The Kier molecular flexibility index (Phi) is 5.51. The van der Waals surface area contributed by atoms with Gasteiger partial charge >= 0.3 is 12.1 Å². The molecule has 0 bridgehead atoms. The van der Waals surface area contributed by atoms with Crippen molar-refractivity contribution in [2.24, 2.45) is 5.92 Å². The third kappa shape index (κ3) is 3.02. The highest BCUT2D eigenvalue weighted by molar-refractivity contribution is 5.77. The largest absolute Gasteiger partial charge is 0.493 e. The highest BCUT2D eigenvalue weighted by Gasteiger charge is 2.67. The molecular weight excluding hydrogens is 363 g/mol. The Labute approximate surface area is 147 Å². The monoisotopic (exact) mass is 382 g/mol. The van der Waals surface area contributed by atoms with Gasteiger partial charge in [0.1, 0.15) is 0 Å². The molecule has 0 spiro atoms. The molecule has 1 saturated heterocycles. The summed E-state index contributed by atoms with van der Waals surface area (Å²) in [6.07, 6.45) is -6.47. The second kappa shape index (κ2) is 7.02. The molecule has 26 heavy (non-hydrogen) atoms. The third-order valence-corrected chi connectivity index (χ3v) is 4.92. The van der Waals surface area contributed by atoms with Crippen LogP contribution in [-0.2, 0) is 14.3 Å². The Balaban J connectivity index is 2.70. The van der Waals surface area contributed by atoms with Crippen molar-refractivity contribution in [3.8, 4) is 5.75 Å². The number of hydrogen-bond acceptors (Lipinski definition) is 4. The van der Waals surface area contributed by atoms with E-state index in [1.54, 1.807) is 0 Å². The topological polar surface area (TPSA) is 44.8 Å². The van der Waals surface area contributed by atoms with Crippen LogP contribution in [0.5, 0.6) is 5.75 Å². The van der Waals surface area contributed by atoms with Gasteiger partial charge in [0.25, 0.3) is 0 Å². The van der Waals surface area contributed by atoms with Gasteiger partial charge in [-0.3, -0.25) is 0 Å². The van der Waals surface area contributed by atoms with E-state index in [0.717, 1.165) is 33.3 Å². The van der Waals surface area contributed by atoms with Crippen molar-refractivity contribution < 1.29 is 41.0 Å². The van der Waals surface area contributed by atoms with E-state index in [0.29, 0.717) is 0 Å². The second-order valence-corrected chi connectivity index (χ2v) is 6.19. The lowest BCUT2D eigenvalue weighted by Gasteiger charge is -2.33. The molecule has 2 rings (SSSR count). The van der Waals surface area contributed by atoms with E-state index in [1.807, 2.05) is 0 Å². The molecule has 1 aromatic rings. The summed E-state index contributed by atoms with van der Waals surface area (Å²) in [4.78, 5) is 12.1. The zero-order chi connectivity index (χ0) is 19.9. The van der Waals surface area contributed by atoms with Crippen molar-refractivity contribution in [2.75, 3.05) is 14.2 Å². The number of rotatable bonds is 4. The Morgan fingerprint density at radius 2 is 1.88 bits per heavy atom. The first-order valence-corrected chi connectivity index (χ1v) is 7.87. The molecule has 9 heteroatoms. The first-order valence-electron chi connectivity index (χ1n) is 7.87. The molecule has 1 heterocycles.